The van der Waals surface area contributed by atoms with Crippen molar-refractivity contribution in [1.29, 1.82) is 0 Å². The Bertz CT molecular complexity index is 278. The maximum Gasteiger partial charge on any atom is 0.0743 e. The first kappa shape index (κ1) is 7.68. The second-order valence-electron chi connectivity index (χ2n) is 3.33. The molecule has 2 rings (SSSR count). The Morgan fingerprint density at radius 2 is 1.92 bits per heavy atom. The molecular weight excluding hydrogens is 152 g/mol. The van der Waals surface area contributed by atoms with E-state index in [1.54, 1.807) is 0 Å². The summed E-state index contributed by atoms with van der Waals surface area (Å²) in [6, 6.07) is 0. The lowest BCUT2D eigenvalue weighted by atomic mass is 10.0. The maximum absolute atomic E-state index is 5.40. The van der Waals surface area contributed by atoms with Gasteiger partial charge < -0.3 is 10.2 Å². The SMILES string of the molecule is CC1=C2COCC2=C(C)N(C)N1. The van der Waals surface area contributed by atoms with Crippen LogP contribution in [0.3, 0.4) is 0 Å². The first-order valence-corrected chi connectivity index (χ1v) is 4.18. The minimum atomic E-state index is 0.763. The smallest absolute Gasteiger partial charge is 0.0743 e. The van der Waals surface area contributed by atoms with Gasteiger partial charge in [0.05, 0.1) is 13.2 Å². The van der Waals surface area contributed by atoms with Crippen molar-refractivity contribution in [2.75, 3.05) is 20.3 Å². The number of hydrazine groups is 1. The second-order valence-corrected chi connectivity index (χ2v) is 3.33. The van der Waals surface area contributed by atoms with E-state index in [-0.39, 0.29) is 0 Å². The normalized spacial score (nSPS) is 23.1. The highest BCUT2D eigenvalue weighted by Gasteiger charge is 2.24. The summed E-state index contributed by atoms with van der Waals surface area (Å²) in [5.74, 6) is 0. The van der Waals surface area contributed by atoms with Crippen LogP contribution >= 0.6 is 0 Å². The summed E-state index contributed by atoms with van der Waals surface area (Å²) in [5, 5.41) is 2.04. The van der Waals surface area contributed by atoms with E-state index in [1.165, 1.54) is 22.5 Å². The Morgan fingerprint density at radius 3 is 2.67 bits per heavy atom. The quantitative estimate of drug-likeness (QED) is 0.581. The second kappa shape index (κ2) is 2.52. The molecule has 0 aromatic rings. The van der Waals surface area contributed by atoms with Crippen LogP contribution in [0.25, 0.3) is 0 Å². The molecule has 0 aromatic carbocycles. The molecule has 1 saturated heterocycles. The van der Waals surface area contributed by atoms with Gasteiger partial charge in [0.2, 0.25) is 0 Å². The molecule has 0 unspecified atom stereocenters. The minimum absolute atomic E-state index is 0.763. The van der Waals surface area contributed by atoms with Gasteiger partial charge in [0.25, 0.3) is 0 Å². The van der Waals surface area contributed by atoms with Gasteiger partial charge in [-0.25, -0.2) is 0 Å². The summed E-state index contributed by atoms with van der Waals surface area (Å²) in [7, 11) is 2.03. The van der Waals surface area contributed by atoms with Crippen molar-refractivity contribution in [1.82, 2.24) is 10.4 Å². The molecule has 0 aromatic heterocycles. The van der Waals surface area contributed by atoms with Crippen LogP contribution in [-0.2, 0) is 4.74 Å². The number of nitrogens with one attached hydrogen (secondary N) is 1. The number of rotatable bonds is 0. The Kier molecular flexibility index (Phi) is 1.61. The molecule has 66 valence electrons. The lowest BCUT2D eigenvalue weighted by molar-refractivity contribution is 0.214. The van der Waals surface area contributed by atoms with Crippen LogP contribution in [0, 0.1) is 0 Å². The first-order valence-electron chi connectivity index (χ1n) is 4.18. The molecular formula is C9H14N2O. The fraction of sp³-hybridized carbons (Fsp3) is 0.556. The Labute approximate surface area is 72.7 Å². The van der Waals surface area contributed by atoms with Crippen LogP contribution in [0.15, 0.2) is 22.5 Å². The molecule has 0 spiro atoms. The van der Waals surface area contributed by atoms with Crippen LogP contribution in [0.5, 0.6) is 0 Å². The monoisotopic (exact) mass is 166 g/mol. The number of hydrogen-bond donors (Lipinski definition) is 1. The topological polar surface area (TPSA) is 24.5 Å². The summed E-state index contributed by atoms with van der Waals surface area (Å²) < 4.78 is 5.40. The molecule has 0 atom stereocenters. The van der Waals surface area contributed by atoms with E-state index >= 15 is 0 Å². The maximum atomic E-state index is 5.40. The van der Waals surface area contributed by atoms with E-state index in [9.17, 15) is 0 Å². The number of hydrogen-bond acceptors (Lipinski definition) is 3. The third-order valence-corrected chi connectivity index (χ3v) is 2.59. The Balaban J connectivity index is 2.46. The molecule has 0 radical (unpaired) electrons. The van der Waals surface area contributed by atoms with Gasteiger partial charge in [0, 0.05) is 29.6 Å². The predicted molar refractivity (Wildman–Crippen MR) is 47.1 cm³/mol. The standard InChI is InChI=1S/C9H14N2O/c1-6-8-4-12-5-9(8)7(2)11(3)10-6/h10H,4-5H2,1-3H3. The van der Waals surface area contributed by atoms with Crippen molar-refractivity contribution in [3.05, 3.63) is 22.5 Å². The van der Waals surface area contributed by atoms with Gasteiger partial charge in [-0.2, -0.15) is 0 Å². The fourth-order valence-electron chi connectivity index (χ4n) is 1.69. The van der Waals surface area contributed by atoms with Crippen LogP contribution in [0.4, 0.5) is 0 Å². The first-order chi connectivity index (χ1) is 5.70. The van der Waals surface area contributed by atoms with E-state index in [1.807, 2.05) is 12.1 Å². The van der Waals surface area contributed by atoms with Gasteiger partial charge >= 0.3 is 0 Å². The zero-order valence-electron chi connectivity index (χ0n) is 7.77. The molecule has 1 N–H and O–H groups in total. The van der Waals surface area contributed by atoms with E-state index in [0.717, 1.165) is 13.2 Å². The van der Waals surface area contributed by atoms with Crippen LogP contribution < -0.4 is 5.43 Å². The third kappa shape index (κ3) is 0.932. The molecule has 0 aliphatic carbocycles. The number of fused-ring (bicyclic) bond motifs is 1. The summed E-state index contributed by atoms with van der Waals surface area (Å²) in [6.07, 6.45) is 0. The van der Waals surface area contributed by atoms with Gasteiger partial charge in [-0.1, -0.05) is 0 Å². The van der Waals surface area contributed by atoms with Gasteiger partial charge in [-0.05, 0) is 13.8 Å². The Hall–Kier alpha value is -0.960. The highest BCUT2D eigenvalue weighted by molar-refractivity contribution is 5.42. The lowest BCUT2D eigenvalue weighted by Crippen LogP contribution is -2.36. The Morgan fingerprint density at radius 1 is 1.25 bits per heavy atom. The molecule has 3 nitrogen and oxygen atoms in total. The molecule has 0 bridgehead atoms. The zero-order valence-corrected chi connectivity index (χ0v) is 7.77. The zero-order chi connectivity index (χ0) is 8.72. The van der Waals surface area contributed by atoms with Crippen molar-refractivity contribution in [3.63, 3.8) is 0 Å². The minimum Gasteiger partial charge on any atom is -0.372 e. The van der Waals surface area contributed by atoms with Crippen LogP contribution in [0.2, 0.25) is 0 Å². The molecule has 2 aliphatic heterocycles. The van der Waals surface area contributed by atoms with Crippen molar-refractivity contribution < 1.29 is 4.74 Å². The van der Waals surface area contributed by atoms with Gasteiger partial charge in [0.1, 0.15) is 0 Å². The largest absolute Gasteiger partial charge is 0.372 e. The fourth-order valence-corrected chi connectivity index (χ4v) is 1.69. The molecule has 2 heterocycles. The van der Waals surface area contributed by atoms with E-state index in [0.29, 0.717) is 0 Å². The molecule has 3 heteroatoms. The van der Waals surface area contributed by atoms with E-state index < -0.39 is 0 Å². The number of nitrogens with zero attached hydrogens (tertiary/aromatic N) is 1. The molecule has 0 amide bonds. The van der Waals surface area contributed by atoms with E-state index in [4.69, 9.17) is 4.74 Å². The summed E-state index contributed by atoms with van der Waals surface area (Å²) in [5.41, 5.74) is 8.46. The lowest BCUT2D eigenvalue weighted by Gasteiger charge is -2.29. The van der Waals surface area contributed by atoms with E-state index in [2.05, 4.69) is 19.3 Å². The molecule has 0 saturated carbocycles. The molecule has 2 aliphatic rings. The number of ether oxygens (including phenoxy) is 1. The van der Waals surface area contributed by atoms with Crippen molar-refractivity contribution in [2.24, 2.45) is 0 Å². The van der Waals surface area contributed by atoms with Gasteiger partial charge in [-0.15, -0.1) is 0 Å². The predicted octanol–water partition coefficient (Wildman–Crippen LogP) is 1.01. The van der Waals surface area contributed by atoms with Crippen molar-refractivity contribution in [3.8, 4) is 0 Å². The molecule has 1 fully saturated rings. The highest BCUT2D eigenvalue weighted by Crippen LogP contribution is 2.28. The number of allylic oxidation sites excluding steroid dienone is 2. The van der Waals surface area contributed by atoms with Crippen LogP contribution in [0.1, 0.15) is 13.8 Å². The van der Waals surface area contributed by atoms with Crippen LogP contribution in [-0.4, -0.2) is 25.3 Å². The van der Waals surface area contributed by atoms with Gasteiger partial charge in [0.15, 0.2) is 0 Å². The summed E-state index contributed by atoms with van der Waals surface area (Å²) in [6.45, 7) is 5.74. The molecule has 12 heavy (non-hydrogen) atoms. The van der Waals surface area contributed by atoms with Crippen molar-refractivity contribution >= 4 is 0 Å². The van der Waals surface area contributed by atoms with Crippen molar-refractivity contribution in [2.45, 2.75) is 13.8 Å². The highest BCUT2D eigenvalue weighted by atomic mass is 16.5. The summed E-state index contributed by atoms with van der Waals surface area (Å²) >= 11 is 0. The van der Waals surface area contributed by atoms with Gasteiger partial charge in [-0.3, -0.25) is 5.01 Å². The third-order valence-electron chi connectivity index (χ3n) is 2.59. The summed E-state index contributed by atoms with van der Waals surface area (Å²) in [4.78, 5) is 0. The average Bonchev–Trinajstić information content (AvgIpc) is 2.48. The average molecular weight is 166 g/mol.